The number of amides is 1. The van der Waals surface area contributed by atoms with Crippen LogP contribution in [0, 0.1) is 5.92 Å². The van der Waals surface area contributed by atoms with E-state index in [1.807, 2.05) is 24.3 Å². The molecule has 3 nitrogen and oxygen atoms in total. The molecule has 1 N–H and O–H groups in total. The Labute approximate surface area is 112 Å². The standard InChI is InChI=1S/C14H18ClNO2/c1-9(2)13(10-3-5-11(15)6-4-10)14(17)16-12-7-18-8-12/h3-6,9,12-13H,7-8H2,1-2H3,(H,16,17). The number of benzene rings is 1. The Morgan fingerprint density at radius 1 is 1.33 bits per heavy atom. The van der Waals surface area contributed by atoms with E-state index in [0.29, 0.717) is 18.2 Å². The molecule has 0 saturated carbocycles. The molecular formula is C14H18ClNO2. The van der Waals surface area contributed by atoms with Crippen LogP contribution in [0.15, 0.2) is 24.3 Å². The lowest BCUT2D eigenvalue weighted by Crippen LogP contribution is -2.50. The number of hydrogen-bond acceptors (Lipinski definition) is 2. The van der Waals surface area contributed by atoms with Crippen molar-refractivity contribution >= 4 is 17.5 Å². The summed E-state index contributed by atoms with van der Waals surface area (Å²) < 4.78 is 5.07. The molecular weight excluding hydrogens is 250 g/mol. The minimum Gasteiger partial charge on any atom is -0.377 e. The van der Waals surface area contributed by atoms with Gasteiger partial charge in [0.25, 0.3) is 0 Å². The third-order valence-electron chi connectivity index (χ3n) is 3.16. The number of carbonyl (C=O) groups is 1. The highest BCUT2D eigenvalue weighted by atomic mass is 35.5. The summed E-state index contributed by atoms with van der Waals surface area (Å²) in [7, 11) is 0. The fourth-order valence-corrected chi connectivity index (χ4v) is 2.25. The van der Waals surface area contributed by atoms with Crippen molar-refractivity contribution in [3.63, 3.8) is 0 Å². The van der Waals surface area contributed by atoms with Crippen LogP contribution >= 0.6 is 11.6 Å². The van der Waals surface area contributed by atoms with Crippen LogP contribution in [-0.2, 0) is 9.53 Å². The van der Waals surface area contributed by atoms with Gasteiger partial charge in [-0.15, -0.1) is 0 Å². The van der Waals surface area contributed by atoms with E-state index < -0.39 is 0 Å². The van der Waals surface area contributed by atoms with Crippen LogP contribution in [0.4, 0.5) is 0 Å². The van der Waals surface area contributed by atoms with E-state index in [1.54, 1.807) is 0 Å². The Hall–Kier alpha value is -1.06. The molecule has 1 aliphatic rings. The highest BCUT2D eigenvalue weighted by molar-refractivity contribution is 6.30. The Bertz CT molecular complexity index is 412. The third kappa shape index (κ3) is 3.03. The maximum atomic E-state index is 12.3. The lowest BCUT2D eigenvalue weighted by atomic mass is 9.87. The zero-order valence-corrected chi connectivity index (χ0v) is 11.4. The second-order valence-electron chi connectivity index (χ2n) is 5.02. The Kier molecular flexibility index (Phi) is 4.25. The first-order valence-electron chi connectivity index (χ1n) is 6.21. The van der Waals surface area contributed by atoms with Gasteiger partial charge in [-0.05, 0) is 23.6 Å². The first-order chi connectivity index (χ1) is 8.58. The van der Waals surface area contributed by atoms with Crippen LogP contribution < -0.4 is 5.32 Å². The second-order valence-corrected chi connectivity index (χ2v) is 5.45. The second kappa shape index (κ2) is 5.72. The molecule has 0 radical (unpaired) electrons. The molecule has 4 heteroatoms. The molecule has 1 unspecified atom stereocenters. The van der Waals surface area contributed by atoms with Gasteiger partial charge in [0, 0.05) is 5.02 Å². The number of halogens is 1. The topological polar surface area (TPSA) is 38.3 Å². The average molecular weight is 268 g/mol. The van der Waals surface area contributed by atoms with E-state index in [2.05, 4.69) is 19.2 Å². The summed E-state index contributed by atoms with van der Waals surface area (Å²) in [5.74, 6) is 0.177. The quantitative estimate of drug-likeness (QED) is 0.911. The molecule has 1 aromatic rings. The van der Waals surface area contributed by atoms with Crippen molar-refractivity contribution in [2.45, 2.75) is 25.8 Å². The van der Waals surface area contributed by atoms with Crippen molar-refractivity contribution in [1.82, 2.24) is 5.32 Å². The smallest absolute Gasteiger partial charge is 0.228 e. The number of nitrogens with one attached hydrogen (secondary N) is 1. The summed E-state index contributed by atoms with van der Waals surface area (Å²) >= 11 is 5.87. The van der Waals surface area contributed by atoms with Gasteiger partial charge in [-0.2, -0.15) is 0 Å². The summed E-state index contributed by atoms with van der Waals surface area (Å²) in [5.41, 5.74) is 1.01. The van der Waals surface area contributed by atoms with E-state index in [1.165, 1.54) is 0 Å². The van der Waals surface area contributed by atoms with Gasteiger partial charge >= 0.3 is 0 Å². The maximum Gasteiger partial charge on any atom is 0.228 e. The lowest BCUT2D eigenvalue weighted by molar-refractivity contribution is -0.127. The summed E-state index contributed by atoms with van der Waals surface area (Å²) in [6.07, 6.45) is 0. The van der Waals surface area contributed by atoms with Crippen molar-refractivity contribution in [2.24, 2.45) is 5.92 Å². The van der Waals surface area contributed by atoms with E-state index in [4.69, 9.17) is 16.3 Å². The zero-order valence-electron chi connectivity index (χ0n) is 10.7. The van der Waals surface area contributed by atoms with Gasteiger partial charge in [0.2, 0.25) is 5.91 Å². The number of rotatable bonds is 4. The zero-order chi connectivity index (χ0) is 13.1. The first-order valence-corrected chi connectivity index (χ1v) is 6.59. The highest BCUT2D eigenvalue weighted by Gasteiger charge is 2.28. The summed E-state index contributed by atoms with van der Waals surface area (Å²) in [6.45, 7) is 5.35. The Balaban J connectivity index is 2.11. The van der Waals surface area contributed by atoms with E-state index in [0.717, 1.165) is 5.56 Å². The fraction of sp³-hybridized carbons (Fsp3) is 0.500. The van der Waals surface area contributed by atoms with Gasteiger partial charge in [-0.1, -0.05) is 37.6 Å². The third-order valence-corrected chi connectivity index (χ3v) is 3.41. The van der Waals surface area contributed by atoms with Crippen molar-refractivity contribution < 1.29 is 9.53 Å². The predicted molar refractivity (Wildman–Crippen MR) is 71.8 cm³/mol. The van der Waals surface area contributed by atoms with Crippen LogP contribution in [0.2, 0.25) is 5.02 Å². The number of ether oxygens (including phenoxy) is 1. The molecule has 1 saturated heterocycles. The minimum absolute atomic E-state index is 0.0700. The molecule has 0 aliphatic carbocycles. The van der Waals surface area contributed by atoms with Gasteiger partial charge in [-0.3, -0.25) is 4.79 Å². The molecule has 1 amide bonds. The predicted octanol–water partition coefficient (Wildman–Crippen LogP) is 2.59. The van der Waals surface area contributed by atoms with Crippen LogP contribution in [0.1, 0.15) is 25.3 Å². The molecule has 0 spiro atoms. The maximum absolute atomic E-state index is 12.3. The largest absolute Gasteiger partial charge is 0.377 e. The molecule has 2 rings (SSSR count). The van der Waals surface area contributed by atoms with Crippen LogP contribution in [0.3, 0.4) is 0 Å². The molecule has 0 bridgehead atoms. The average Bonchev–Trinajstić information content (AvgIpc) is 2.26. The number of hydrogen-bond donors (Lipinski definition) is 1. The van der Waals surface area contributed by atoms with E-state index in [-0.39, 0.29) is 23.8 Å². The van der Waals surface area contributed by atoms with Crippen LogP contribution in [0.25, 0.3) is 0 Å². The lowest BCUT2D eigenvalue weighted by Gasteiger charge is -2.30. The van der Waals surface area contributed by atoms with Crippen molar-refractivity contribution in [3.05, 3.63) is 34.9 Å². The molecule has 0 aromatic heterocycles. The molecule has 1 aliphatic heterocycles. The Morgan fingerprint density at radius 3 is 2.39 bits per heavy atom. The molecule has 18 heavy (non-hydrogen) atoms. The van der Waals surface area contributed by atoms with Gasteiger partial charge in [-0.25, -0.2) is 0 Å². The minimum atomic E-state index is -0.136. The van der Waals surface area contributed by atoms with Crippen molar-refractivity contribution in [1.29, 1.82) is 0 Å². The van der Waals surface area contributed by atoms with Crippen molar-refractivity contribution in [2.75, 3.05) is 13.2 Å². The van der Waals surface area contributed by atoms with Gasteiger partial charge in [0.1, 0.15) is 0 Å². The van der Waals surface area contributed by atoms with Gasteiger partial charge in [0.05, 0.1) is 25.2 Å². The molecule has 1 aromatic carbocycles. The van der Waals surface area contributed by atoms with E-state index >= 15 is 0 Å². The molecule has 1 heterocycles. The SMILES string of the molecule is CC(C)C(C(=O)NC1COC1)c1ccc(Cl)cc1. The highest BCUT2D eigenvalue weighted by Crippen LogP contribution is 2.26. The summed E-state index contributed by atoms with van der Waals surface area (Å²) in [5, 5.41) is 3.70. The van der Waals surface area contributed by atoms with Crippen molar-refractivity contribution in [3.8, 4) is 0 Å². The number of carbonyl (C=O) groups excluding carboxylic acids is 1. The normalized spacial score (nSPS) is 17.3. The van der Waals surface area contributed by atoms with Crippen LogP contribution in [0.5, 0.6) is 0 Å². The van der Waals surface area contributed by atoms with Gasteiger partial charge < -0.3 is 10.1 Å². The first kappa shape index (κ1) is 13.4. The fourth-order valence-electron chi connectivity index (χ4n) is 2.12. The monoisotopic (exact) mass is 267 g/mol. The summed E-state index contributed by atoms with van der Waals surface area (Å²) in [4.78, 5) is 12.3. The Morgan fingerprint density at radius 2 is 1.94 bits per heavy atom. The summed E-state index contributed by atoms with van der Waals surface area (Å²) in [6, 6.07) is 7.66. The molecule has 1 fully saturated rings. The molecule has 1 atom stereocenters. The molecule has 98 valence electrons. The van der Waals surface area contributed by atoms with Crippen LogP contribution in [-0.4, -0.2) is 25.2 Å². The van der Waals surface area contributed by atoms with Gasteiger partial charge in [0.15, 0.2) is 0 Å². The van der Waals surface area contributed by atoms with E-state index in [9.17, 15) is 4.79 Å².